The lowest BCUT2D eigenvalue weighted by atomic mass is 9.62. The number of aliphatic hydroxyl groups is 1. The molecule has 150 valence electrons. The maximum absolute atomic E-state index is 14.0. The van der Waals surface area contributed by atoms with Crippen LogP contribution in [-0.2, 0) is 0 Å². The predicted molar refractivity (Wildman–Crippen MR) is 104 cm³/mol. The van der Waals surface area contributed by atoms with Crippen LogP contribution in [-0.4, -0.2) is 45.4 Å². The third kappa shape index (κ3) is 4.52. The van der Waals surface area contributed by atoms with Gasteiger partial charge < -0.3 is 21.5 Å². The highest BCUT2D eigenvalue weighted by molar-refractivity contribution is 6.29. The molecule has 0 saturated heterocycles. The SMILES string of the molecule is CC(C)(O)C(F)CNC(=O)c1cnc(Cl)cc1NC12CCC(N)(CC1)CC2. The van der Waals surface area contributed by atoms with Crippen LogP contribution >= 0.6 is 11.6 Å². The lowest BCUT2D eigenvalue weighted by Gasteiger charge is -2.52. The second kappa shape index (κ2) is 7.18. The summed E-state index contributed by atoms with van der Waals surface area (Å²) in [6.45, 7) is 2.44. The van der Waals surface area contributed by atoms with Gasteiger partial charge in [-0.3, -0.25) is 4.79 Å². The van der Waals surface area contributed by atoms with Gasteiger partial charge in [-0.1, -0.05) is 11.6 Å². The first kappa shape index (κ1) is 20.3. The van der Waals surface area contributed by atoms with Crippen molar-refractivity contribution in [2.45, 2.75) is 75.2 Å². The van der Waals surface area contributed by atoms with Crippen molar-refractivity contribution < 1.29 is 14.3 Å². The van der Waals surface area contributed by atoms with Gasteiger partial charge in [0.1, 0.15) is 11.3 Å². The Kier molecular flexibility index (Phi) is 5.40. The van der Waals surface area contributed by atoms with Gasteiger partial charge in [0, 0.05) is 17.3 Å². The third-order valence-electron chi connectivity index (χ3n) is 6.03. The average Bonchev–Trinajstić information content (AvgIpc) is 2.60. The van der Waals surface area contributed by atoms with Crippen LogP contribution in [0, 0.1) is 0 Å². The largest absolute Gasteiger partial charge is 0.387 e. The molecule has 0 radical (unpaired) electrons. The van der Waals surface area contributed by atoms with E-state index in [1.165, 1.54) is 20.0 Å². The fraction of sp³-hybridized carbons (Fsp3) is 0.684. The molecule has 1 aromatic heterocycles. The van der Waals surface area contributed by atoms with Crippen LogP contribution in [0.25, 0.3) is 0 Å². The van der Waals surface area contributed by atoms with Gasteiger partial charge in [-0.15, -0.1) is 0 Å². The maximum atomic E-state index is 14.0. The van der Waals surface area contributed by atoms with Crippen molar-refractivity contribution in [3.8, 4) is 0 Å². The lowest BCUT2D eigenvalue weighted by Crippen LogP contribution is -2.57. The molecular formula is C19H28ClFN4O2. The van der Waals surface area contributed by atoms with Gasteiger partial charge in [-0.05, 0) is 58.4 Å². The van der Waals surface area contributed by atoms with Crippen molar-refractivity contribution in [1.29, 1.82) is 0 Å². The van der Waals surface area contributed by atoms with E-state index in [0.717, 1.165) is 38.5 Å². The van der Waals surface area contributed by atoms with Crippen LogP contribution in [0.5, 0.6) is 0 Å². The molecule has 1 aromatic rings. The summed E-state index contributed by atoms with van der Waals surface area (Å²) in [5.41, 5.74) is 5.61. The number of anilines is 1. The molecule has 4 rings (SSSR count). The smallest absolute Gasteiger partial charge is 0.255 e. The number of hydrogen-bond donors (Lipinski definition) is 4. The van der Waals surface area contributed by atoms with Crippen molar-refractivity contribution >= 4 is 23.2 Å². The van der Waals surface area contributed by atoms with Crippen molar-refractivity contribution in [1.82, 2.24) is 10.3 Å². The number of nitrogens with two attached hydrogens (primary N) is 1. The summed E-state index contributed by atoms with van der Waals surface area (Å²) in [5.74, 6) is -0.454. The van der Waals surface area contributed by atoms with Gasteiger partial charge in [0.15, 0.2) is 0 Å². The van der Waals surface area contributed by atoms with Crippen LogP contribution in [0.4, 0.5) is 10.1 Å². The number of fused-ring (bicyclic) bond motifs is 3. The summed E-state index contributed by atoms with van der Waals surface area (Å²) in [4.78, 5) is 16.6. The first-order chi connectivity index (χ1) is 12.5. The van der Waals surface area contributed by atoms with Gasteiger partial charge in [0.05, 0.1) is 23.4 Å². The number of halogens is 2. The molecule has 0 spiro atoms. The minimum Gasteiger partial charge on any atom is -0.387 e. The van der Waals surface area contributed by atoms with Crippen LogP contribution in [0.15, 0.2) is 12.3 Å². The normalized spacial score (nSPS) is 28.7. The second-order valence-electron chi connectivity index (χ2n) is 8.65. The Balaban J connectivity index is 1.75. The molecule has 8 heteroatoms. The number of rotatable bonds is 6. The zero-order chi connectivity index (χ0) is 19.9. The number of carbonyl (C=O) groups excluding carboxylic acids is 1. The van der Waals surface area contributed by atoms with Gasteiger partial charge in [0.2, 0.25) is 0 Å². The highest BCUT2D eigenvalue weighted by Gasteiger charge is 2.46. The van der Waals surface area contributed by atoms with E-state index in [2.05, 4.69) is 15.6 Å². The molecule has 1 unspecified atom stereocenters. The van der Waals surface area contributed by atoms with Crippen LogP contribution in [0.3, 0.4) is 0 Å². The zero-order valence-electron chi connectivity index (χ0n) is 15.8. The highest BCUT2D eigenvalue weighted by atomic mass is 35.5. The lowest BCUT2D eigenvalue weighted by molar-refractivity contribution is -0.00177. The summed E-state index contributed by atoms with van der Waals surface area (Å²) in [6, 6.07) is 1.63. The van der Waals surface area contributed by atoms with Crippen molar-refractivity contribution in [2.75, 3.05) is 11.9 Å². The first-order valence-corrected chi connectivity index (χ1v) is 9.77. The topological polar surface area (TPSA) is 100 Å². The monoisotopic (exact) mass is 398 g/mol. The molecule has 1 amide bonds. The summed E-state index contributed by atoms with van der Waals surface area (Å²) in [5, 5.41) is 16.0. The van der Waals surface area contributed by atoms with E-state index in [1.807, 2.05) is 0 Å². The molecule has 3 saturated carbocycles. The van der Waals surface area contributed by atoms with Crippen LogP contribution in [0.2, 0.25) is 5.15 Å². The molecule has 2 bridgehead atoms. The fourth-order valence-corrected chi connectivity index (χ4v) is 4.09. The van der Waals surface area contributed by atoms with E-state index in [1.54, 1.807) is 6.07 Å². The van der Waals surface area contributed by atoms with Gasteiger partial charge >= 0.3 is 0 Å². The van der Waals surface area contributed by atoms with Gasteiger partial charge in [-0.2, -0.15) is 0 Å². The Morgan fingerprint density at radius 1 is 1.37 bits per heavy atom. The minimum absolute atomic E-state index is 0.0488. The van der Waals surface area contributed by atoms with Crippen molar-refractivity contribution in [3.05, 3.63) is 23.0 Å². The Labute approximate surface area is 164 Å². The molecule has 1 atom stereocenters. The van der Waals surface area contributed by atoms with Crippen LogP contribution in [0.1, 0.15) is 62.7 Å². The number of carbonyl (C=O) groups is 1. The molecule has 27 heavy (non-hydrogen) atoms. The summed E-state index contributed by atoms with van der Waals surface area (Å²) in [6.07, 6.45) is 5.50. The molecular weight excluding hydrogens is 371 g/mol. The highest BCUT2D eigenvalue weighted by Crippen LogP contribution is 2.47. The summed E-state index contributed by atoms with van der Waals surface area (Å²) in [7, 11) is 0. The molecule has 3 aliphatic rings. The summed E-state index contributed by atoms with van der Waals surface area (Å²) < 4.78 is 14.0. The first-order valence-electron chi connectivity index (χ1n) is 9.39. The third-order valence-corrected chi connectivity index (χ3v) is 6.23. The Hall–Kier alpha value is -1.44. The zero-order valence-corrected chi connectivity index (χ0v) is 16.6. The molecule has 5 N–H and O–H groups in total. The molecule has 1 heterocycles. The van der Waals surface area contributed by atoms with E-state index in [0.29, 0.717) is 11.3 Å². The van der Waals surface area contributed by atoms with Gasteiger partial charge in [-0.25, -0.2) is 9.37 Å². The average molecular weight is 399 g/mol. The number of nitrogens with one attached hydrogen (secondary N) is 2. The maximum Gasteiger partial charge on any atom is 0.255 e. The van der Waals surface area contributed by atoms with Crippen molar-refractivity contribution in [3.63, 3.8) is 0 Å². The quantitative estimate of drug-likeness (QED) is 0.552. The minimum atomic E-state index is -1.58. The number of alkyl halides is 1. The predicted octanol–water partition coefficient (Wildman–Crippen LogP) is 2.79. The molecule has 3 aliphatic carbocycles. The van der Waals surface area contributed by atoms with Gasteiger partial charge in [0.25, 0.3) is 5.91 Å². The standard InChI is InChI=1S/C19H28ClFN4O2/c1-17(2,27)14(21)11-24-16(26)12-10-23-15(20)9-13(12)25-19-6-3-18(22,4-7-19)5-8-19/h9-10,14,27H,3-8,11,22H2,1-2H3,(H,23,25)(H,24,26). The van der Waals surface area contributed by atoms with E-state index in [9.17, 15) is 14.3 Å². The Bertz CT molecular complexity index is 698. The number of nitrogens with zero attached hydrogens (tertiary/aromatic N) is 1. The number of hydrogen-bond acceptors (Lipinski definition) is 5. The second-order valence-corrected chi connectivity index (χ2v) is 9.04. The number of pyridine rings is 1. The molecule has 0 aliphatic heterocycles. The summed E-state index contributed by atoms with van der Waals surface area (Å²) >= 11 is 6.05. The van der Waals surface area contributed by atoms with Crippen molar-refractivity contribution in [2.24, 2.45) is 5.73 Å². The fourth-order valence-electron chi connectivity index (χ4n) is 3.93. The van der Waals surface area contributed by atoms with E-state index >= 15 is 0 Å². The molecule has 0 aromatic carbocycles. The number of amides is 1. The van der Waals surface area contributed by atoms with Crippen LogP contribution < -0.4 is 16.4 Å². The van der Waals surface area contributed by atoms with E-state index < -0.39 is 17.7 Å². The molecule has 3 fully saturated rings. The number of aromatic nitrogens is 1. The van der Waals surface area contributed by atoms with E-state index in [4.69, 9.17) is 17.3 Å². The Morgan fingerprint density at radius 3 is 2.52 bits per heavy atom. The molecule has 6 nitrogen and oxygen atoms in total. The van der Waals surface area contributed by atoms with E-state index in [-0.39, 0.29) is 22.8 Å². The Morgan fingerprint density at radius 2 is 1.96 bits per heavy atom.